The van der Waals surface area contributed by atoms with E-state index in [1.807, 2.05) is 43.3 Å². The molecule has 26 heavy (non-hydrogen) atoms. The highest BCUT2D eigenvalue weighted by atomic mass is 16.5. The number of rotatable bonds is 2. The second-order valence-electron chi connectivity index (χ2n) is 6.04. The fourth-order valence-electron chi connectivity index (χ4n) is 2.96. The predicted molar refractivity (Wildman–Crippen MR) is 100 cm³/mol. The molecule has 1 aliphatic heterocycles. The Bertz CT molecular complexity index is 1170. The van der Waals surface area contributed by atoms with Crippen LogP contribution in [0.1, 0.15) is 18.3 Å². The number of nitrogens with one attached hydrogen (secondary N) is 1. The molecule has 0 saturated carbocycles. The van der Waals surface area contributed by atoms with Gasteiger partial charge in [-0.2, -0.15) is 5.26 Å². The Morgan fingerprint density at radius 2 is 2.00 bits per heavy atom. The van der Waals surface area contributed by atoms with Crippen molar-refractivity contribution in [3.8, 4) is 11.8 Å². The topological polar surface area (TPSA) is 78.8 Å². The van der Waals surface area contributed by atoms with Gasteiger partial charge in [-0.1, -0.05) is 30.3 Å². The van der Waals surface area contributed by atoms with Crippen LogP contribution in [0, 0.1) is 11.3 Å². The van der Waals surface area contributed by atoms with Crippen LogP contribution >= 0.6 is 0 Å². The van der Waals surface area contributed by atoms with E-state index in [9.17, 15) is 10.1 Å². The van der Waals surface area contributed by atoms with Gasteiger partial charge in [0.2, 0.25) is 0 Å². The van der Waals surface area contributed by atoms with Crippen LogP contribution in [0.5, 0.6) is 5.75 Å². The van der Waals surface area contributed by atoms with Crippen molar-refractivity contribution in [2.24, 2.45) is 0 Å². The van der Waals surface area contributed by atoms with Gasteiger partial charge >= 0.3 is 0 Å². The monoisotopic (exact) mass is 341 g/mol. The summed E-state index contributed by atoms with van der Waals surface area (Å²) in [6.07, 6.45) is 3.49. The van der Waals surface area contributed by atoms with E-state index in [0.29, 0.717) is 10.9 Å². The summed E-state index contributed by atoms with van der Waals surface area (Å²) in [5.74, 6) is 1.07. The SMILES string of the molecule is C[C@H]1Oc2ccccc2C=C1/C=C(\C#N)c1nc2ccccc2c(=O)[nH]1. The summed E-state index contributed by atoms with van der Waals surface area (Å²) in [5, 5.41) is 10.1. The summed E-state index contributed by atoms with van der Waals surface area (Å²) in [5.41, 5.74) is 2.37. The zero-order chi connectivity index (χ0) is 18.1. The highest BCUT2D eigenvalue weighted by Crippen LogP contribution is 2.30. The van der Waals surface area contributed by atoms with Crippen molar-refractivity contribution in [3.63, 3.8) is 0 Å². The number of fused-ring (bicyclic) bond motifs is 2. The van der Waals surface area contributed by atoms with Gasteiger partial charge in [0.15, 0.2) is 5.82 Å². The lowest BCUT2D eigenvalue weighted by Crippen LogP contribution is -2.18. The minimum atomic E-state index is -0.265. The molecular formula is C21H15N3O2. The Kier molecular flexibility index (Phi) is 3.86. The van der Waals surface area contributed by atoms with Gasteiger partial charge in [0.25, 0.3) is 5.56 Å². The standard InChI is InChI=1S/C21H15N3O2/c1-13-15(10-14-6-2-5-9-19(14)26-13)11-16(12-22)20-23-18-8-4-3-7-17(18)21(25)24-20/h2-11,13H,1H3,(H,23,24,25)/b16-11+/t13-/m1/s1. The number of allylic oxidation sites excluding steroid dienone is 1. The molecule has 0 radical (unpaired) electrons. The molecule has 1 atom stereocenters. The summed E-state index contributed by atoms with van der Waals surface area (Å²) in [4.78, 5) is 19.4. The van der Waals surface area contributed by atoms with Gasteiger partial charge < -0.3 is 9.72 Å². The number of para-hydroxylation sites is 2. The minimum Gasteiger partial charge on any atom is -0.485 e. The van der Waals surface area contributed by atoms with Gasteiger partial charge in [-0.05, 0) is 42.8 Å². The number of hydrogen-bond acceptors (Lipinski definition) is 4. The van der Waals surface area contributed by atoms with E-state index in [1.165, 1.54) is 0 Å². The molecule has 0 aliphatic carbocycles. The maximum Gasteiger partial charge on any atom is 0.259 e. The zero-order valence-electron chi connectivity index (χ0n) is 14.1. The van der Waals surface area contributed by atoms with Crippen LogP contribution in [0.25, 0.3) is 22.6 Å². The van der Waals surface area contributed by atoms with Crippen LogP contribution in [0.3, 0.4) is 0 Å². The molecule has 4 rings (SSSR count). The first-order valence-corrected chi connectivity index (χ1v) is 8.24. The van der Waals surface area contributed by atoms with E-state index in [2.05, 4.69) is 16.0 Å². The predicted octanol–water partition coefficient (Wildman–Crippen LogP) is 3.69. The maximum absolute atomic E-state index is 12.3. The Labute approximate surface area is 149 Å². The van der Waals surface area contributed by atoms with Gasteiger partial charge in [-0.3, -0.25) is 4.79 Å². The molecule has 0 fully saturated rings. The number of benzene rings is 2. The van der Waals surface area contributed by atoms with E-state index in [-0.39, 0.29) is 23.1 Å². The molecule has 0 amide bonds. The lowest BCUT2D eigenvalue weighted by atomic mass is 10.00. The van der Waals surface area contributed by atoms with Gasteiger partial charge in [-0.25, -0.2) is 4.98 Å². The van der Waals surface area contributed by atoms with Crippen LogP contribution in [0.2, 0.25) is 0 Å². The fourth-order valence-corrected chi connectivity index (χ4v) is 2.96. The first-order valence-electron chi connectivity index (χ1n) is 8.24. The zero-order valence-corrected chi connectivity index (χ0v) is 14.1. The first-order chi connectivity index (χ1) is 12.7. The average Bonchev–Trinajstić information content (AvgIpc) is 2.66. The molecule has 126 valence electrons. The van der Waals surface area contributed by atoms with E-state index < -0.39 is 0 Å². The first kappa shape index (κ1) is 15.9. The van der Waals surface area contributed by atoms with Crippen LogP contribution in [0.4, 0.5) is 0 Å². The summed E-state index contributed by atoms with van der Waals surface area (Å²) in [6.45, 7) is 1.92. The van der Waals surface area contributed by atoms with Crippen molar-refractivity contribution in [2.75, 3.05) is 0 Å². The molecule has 1 N–H and O–H groups in total. The number of aromatic amines is 1. The Morgan fingerprint density at radius 3 is 2.85 bits per heavy atom. The molecule has 2 heterocycles. The summed E-state index contributed by atoms with van der Waals surface area (Å²) in [6, 6.07) is 16.9. The Balaban J connectivity index is 1.82. The van der Waals surface area contributed by atoms with E-state index in [1.54, 1.807) is 24.3 Å². The highest BCUT2D eigenvalue weighted by molar-refractivity contribution is 5.83. The number of nitrogens with zero attached hydrogens (tertiary/aromatic N) is 2. The van der Waals surface area contributed by atoms with Crippen LogP contribution < -0.4 is 10.3 Å². The third-order valence-electron chi connectivity index (χ3n) is 4.31. The summed E-state index contributed by atoms with van der Waals surface area (Å²) >= 11 is 0. The fraction of sp³-hybridized carbons (Fsp3) is 0.0952. The molecule has 0 spiro atoms. The highest BCUT2D eigenvalue weighted by Gasteiger charge is 2.18. The number of nitriles is 1. The lowest BCUT2D eigenvalue weighted by Gasteiger charge is -2.23. The maximum atomic E-state index is 12.3. The smallest absolute Gasteiger partial charge is 0.259 e. The summed E-state index contributed by atoms with van der Waals surface area (Å²) in [7, 11) is 0. The van der Waals surface area contributed by atoms with Crippen molar-refractivity contribution in [2.45, 2.75) is 13.0 Å². The van der Waals surface area contributed by atoms with Crippen molar-refractivity contribution in [1.29, 1.82) is 5.26 Å². The van der Waals surface area contributed by atoms with Crippen LogP contribution in [-0.4, -0.2) is 16.1 Å². The molecule has 5 nitrogen and oxygen atoms in total. The number of hydrogen-bond donors (Lipinski definition) is 1. The average molecular weight is 341 g/mol. The van der Waals surface area contributed by atoms with E-state index in [0.717, 1.165) is 16.9 Å². The number of H-pyrrole nitrogens is 1. The lowest BCUT2D eigenvalue weighted by molar-refractivity contribution is 0.257. The quantitative estimate of drug-likeness (QED) is 0.721. The molecule has 3 aromatic rings. The van der Waals surface area contributed by atoms with Gasteiger partial charge in [0.1, 0.15) is 17.9 Å². The van der Waals surface area contributed by atoms with Crippen molar-refractivity contribution < 1.29 is 4.74 Å². The molecule has 2 aromatic carbocycles. The number of ether oxygens (including phenoxy) is 1. The van der Waals surface area contributed by atoms with Crippen molar-refractivity contribution in [1.82, 2.24) is 9.97 Å². The van der Waals surface area contributed by atoms with Crippen LogP contribution in [0.15, 0.2) is 65.0 Å². The molecule has 0 unspecified atom stereocenters. The largest absolute Gasteiger partial charge is 0.485 e. The van der Waals surface area contributed by atoms with E-state index in [4.69, 9.17) is 4.74 Å². The Hall–Kier alpha value is -3.65. The molecule has 1 aromatic heterocycles. The third-order valence-corrected chi connectivity index (χ3v) is 4.31. The van der Waals surface area contributed by atoms with Gasteiger partial charge in [-0.15, -0.1) is 0 Å². The molecule has 5 heteroatoms. The normalized spacial score (nSPS) is 16.4. The molecule has 1 aliphatic rings. The Morgan fingerprint density at radius 1 is 1.23 bits per heavy atom. The van der Waals surface area contributed by atoms with Gasteiger partial charge in [0, 0.05) is 5.56 Å². The molecule has 0 saturated heterocycles. The van der Waals surface area contributed by atoms with Crippen LogP contribution in [-0.2, 0) is 0 Å². The minimum absolute atomic E-state index is 0.208. The second kappa shape index (κ2) is 6.34. The van der Waals surface area contributed by atoms with Crippen molar-refractivity contribution in [3.05, 3.63) is 81.9 Å². The summed E-state index contributed by atoms with van der Waals surface area (Å²) < 4.78 is 5.91. The third kappa shape index (κ3) is 2.78. The molecule has 0 bridgehead atoms. The molecular weight excluding hydrogens is 326 g/mol. The van der Waals surface area contributed by atoms with Gasteiger partial charge in [0.05, 0.1) is 16.5 Å². The number of aromatic nitrogens is 2. The second-order valence-corrected chi connectivity index (χ2v) is 6.04. The van der Waals surface area contributed by atoms with E-state index >= 15 is 0 Å². The van der Waals surface area contributed by atoms with Crippen molar-refractivity contribution >= 4 is 22.6 Å².